The SMILES string of the molecule is CC1=CC(N2CCOCC2)N(CCC(O)C(C)(C)C)C(C2CC2)=C1C(=O)O. The summed E-state index contributed by atoms with van der Waals surface area (Å²) < 4.78 is 5.51. The number of allylic oxidation sites excluding steroid dienone is 1. The normalized spacial score (nSPS) is 26.2. The van der Waals surface area contributed by atoms with Gasteiger partial charge >= 0.3 is 5.97 Å². The van der Waals surface area contributed by atoms with Gasteiger partial charge in [-0.3, -0.25) is 4.90 Å². The molecule has 152 valence electrons. The van der Waals surface area contributed by atoms with Crippen LogP contribution in [0.4, 0.5) is 0 Å². The van der Waals surface area contributed by atoms with Crippen molar-refractivity contribution in [2.24, 2.45) is 11.3 Å². The standard InChI is InChI=1S/C21H34N2O4/c1-14-13-17(22-9-11-27-12-10-22)23(8-7-16(24)21(2,3)4)19(15-5-6-15)18(14)20(25)26/h13,15-17,24H,5-12H2,1-4H3,(H,25,26). The fraction of sp³-hybridized carbons (Fsp3) is 0.762. The van der Waals surface area contributed by atoms with Crippen molar-refractivity contribution in [3.63, 3.8) is 0 Å². The monoisotopic (exact) mass is 378 g/mol. The third kappa shape index (κ3) is 4.55. The van der Waals surface area contributed by atoms with Gasteiger partial charge in [-0.1, -0.05) is 20.8 Å². The van der Waals surface area contributed by atoms with E-state index in [1.54, 1.807) is 0 Å². The number of aliphatic hydroxyl groups is 1. The maximum absolute atomic E-state index is 12.0. The average molecular weight is 379 g/mol. The molecule has 2 N–H and O–H groups in total. The summed E-state index contributed by atoms with van der Waals surface area (Å²) in [4.78, 5) is 16.7. The molecule has 2 atom stereocenters. The summed E-state index contributed by atoms with van der Waals surface area (Å²) in [6, 6.07) is 0. The van der Waals surface area contributed by atoms with Crippen molar-refractivity contribution in [1.82, 2.24) is 9.80 Å². The Morgan fingerprint density at radius 3 is 2.44 bits per heavy atom. The predicted octanol–water partition coefficient (Wildman–Crippen LogP) is 2.45. The molecule has 0 radical (unpaired) electrons. The quantitative estimate of drug-likeness (QED) is 0.740. The van der Waals surface area contributed by atoms with Crippen molar-refractivity contribution in [2.45, 2.75) is 59.2 Å². The lowest BCUT2D eigenvalue weighted by atomic mass is 9.86. The van der Waals surface area contributed by atoms with Crippen LogP contribution in [0.1, 0.15) is 47.0 Å². The Labute approximate surface area is 162 Å². The maximum Gasteiger partial charge on any atom is 0.337 e. The van der Waals surface area contributed by atoms with Gasteiger partial charge < -0.3 is 19.8 Å². The number of aliphatic carboxylic acids is 1. The van der Waals surface area contributed by atoms with Gasteiger partial charge in [-0.25, -0.2) is 4.79 Å². The molecule has 0 amide bonds. The second-order valence-corrected chi connectivity index (χ2v) is 9.12. The summed E-state index contributed by atoms with van der Waals surface area (Å²) in [5, 5.41) is 20.4. The molecular weight excluding hydrogens is 344 g/mol. The largest absolute Gasteiger partial charge is 0.478 e. The molecule has 3 rings (SSSR count). The first-order valence-electron chi connectivity index (χ1n) is 10.1. The van der Waals surface area contributed by atoms with Gasteiger partial charge in [-0.15, -0.1) is 0 Å². The summed E-state index contributed by atoms with van der Waals surface area (Å²) in [7, 11) is 0. The number of aliphatic hydroxyl groups excluding tert-OH is 1. The minimum Gasteiger partial charge on any atom is -0.478 e. The Bertz CT molecular complexity index is 625. The third-order valence-electron chi connectivity index (χ3n) is 5.92. The number of carboxylic acids is 1. The first-order chi connectivity index (χ1) is 12.7. The predicted molar refractivity (Wildman–Crippen MR) is 104 cm³/mol. The fourth-order valence-electron chi connectivity index (χ4n) is 4.05. The Morgan fingerprint density at radius 2 is 1.93 bits per heavy atom. The van der Waals surface area contributed by atoms with Crippen LogP contribution in [0.5, 0.6) is 0 Å². The van der Waals surface area contributed by atoms with Crippen LogP contribution in [-0.2, 0) is 9.53 Å². The van der Waals surface area contributed by atoms with Crippen molar-refractivity contribution in [3.8, 4) is 0 Å². The number of hydrogen-bond acceptors (Lipinski definition) is 5. The van der Waals surface area contributed by atoms with E-state index in [9.17, 15) is 15.0 Å². The lowest BCUT2D eigenvalue weighted by Gasteiger charge is -2.46. The molecule has 6 nitrogen and oxygen atoms in total. The average Bonchev–Trinajstić information content (AvgIpc) is 3.43. The van der Waals surface area contributed by atoms with E-state index in [0.717, 1.165) is 37.2 Å². The number of rotatable bonds is 6. The number of ether oxygens (including phenoxy) is 1. The van der Waals surface area contributed by atoms with Gasteiger partial charge in [0, 0.05) is 25.3 Å². The molecule has 1 aliphatic carbocycles. The molecule has 1 saturated heterocycles. The Morgan fingerprint density at radius 1 is 1.30 bits per heavy atom. The molecule has 0 aromatic heterocycles. The summed E-state index contributed by atoms with van der Waals surface area (Å²) in [5.41, 5.74) is 2.11. The zero-order valence-electron chi connectivity index (χ0n) is 17.1. The van der Waals surface area contributed by atoms with Crippen molar-refractivity contribution in [3.05, 3.63) is 22.9 Å². The lowest BCUT2D eigenvalue weighted by Crippen LogP contribution is -2.54. The van der Waals surface area contributed by atoms with E-state index >= 15 is 0 Å². The molecular formula is C21H34N2O4. The second kappa shape index (κ2) is 7.94. The number of hydrogen-bond donors (Lipinski definition) is 2. The molecule has 2 heterocycles. The van der Waals surface area contributed by atoms with Crippen LogP contribution in [0.15, 0.2) is 22.9 Å². The van der Waals surface area contributed by atoms with E-state index in [4.69, 9.17) is 4.74 Å². The van der Waals surface area contributed by atoms with Gasteiger partial charge in [0.25, 0.3) is 0 Å². The van der Waals surface area contributed by atoms with Crippen molar-refractivity contribution in [2.75, 3.05) is 32.8 Å². The van der Waals surface area contributed by atoms with Crippen LogP contribution in [0.2, 0.25) is 0 Å². The van der Waals surface area contributed by atoms with E-state index < -0.39 is 12.1 Å². The highest BCUT2D eigenvalue weighted by Gasteiger charge is 2.41. The number of nitrogens with zero attached hydrogens (tertiary/aromatic N) is 2. The number of morpholine rings is 1. The summed E-state index contributed by atoms with van der Waals surface area (Å²) in [5.74, 6) is -0.512. The smallest absolute Gasteiger partial charge is 0.337 e. The first kappa shape index (κ1) is 20.4. The molecule has 27 heavy (non-hydrogen) atoms. The van der Waals surface area contributed by atoms with Crippen LogP contribution < -0.4 is 0 Å². The van der Waals surface area contributed by atoms with Crippen LogP contribution in [0, 0.1) is 11.3 Å². The first-order valence-corrected chi connectivity index (χ1v) is 10.1. The minimum absolute atomic E-state index is 0.0415. The highest BCUT2D eigenvalue weighted by Crippen LogP contribution is 2.44. The lowest BCUT2D eigenvalue weighted by molar-refractivity contribution is -0.132. The van der Waals surface area contributed by atoms with Crippen molar-refractivity contribution in [1.29, 1.82) is 0 Å². The number of carbonyl (C=O) groups is 1. The second-order valence-electron chi connectivity index (χ2n) is 9.12. The van der Waals surface area contributed by atoms with Gasteiger partial charge in [0.15, 0.2) is 0 Å². The van der Waals surface area contributed by atoms with Gasteiger partial charge in [-0.2, -0.15) is 0 Å². The summed E-state index contributed by atoms with van der Waals surface area (Å²) in [6.07, 6.45) is 4.43. The molecule has 0 spiro atoms. The highest BCUT2D eigenvalue weighted by molar-refractivity contribution is 5.93. The van der Waals surface area contributed by atoms with Gasteiger partial charge in [-0.05, 0) is 49.2 Å². The van der Waals surface area contributed by atoms with E-state index in [2.05, 4.69) is 15.9 Å². The van der Waals surface area contributed by atoms with Gasteiger partial charge in [0.1, 0.15) is 6.17 Å². The molecule has 3 aliphatic rings. The zero-order chi connectivity index (χ0) is 19.8. The third-order valence-corrected chi connectivity index (χ3v) is 5.92. The van der Waals surface area contributed by atoms with Crippen LogP contribution in [0.3, 0.4) is 0 Å². The van der Waals surface area contributed by atoms with E-state index in [-0.39, 0.29) is 11.6 Å². The zero-order valence-corrected chi connectivity index (χ0v) is 17.1. The molecule has 1 saturated carbocycles. The summed E-state index contributed by atoms with van der Waals surface area (Å²) in [6.45, 7) is 11.8. The molecule has 6 heteroatoms. The minimum atomic E-state index is -0.840. The Kier molecular flexibility index (Phi) is 5.99. The summed E-state index contributed by atoms with van der Waals surface area (Å²) >= 11 is 0. The van der Waals surface area contributed by atoms with E-state index in [0.29, 0.717) is 37.7 Å². The molecule has 2 unspecified atom stereocenters. The van der Waals surface area contributed by atoms with Crippen molar-refractivity contribution >= 4 is 5.97 Å². The van der Waals surface area contributed by atoms with Crippen LogP contribution in [-0.4, -0.2) is 71.1 Å². The Hall–Kier alpha value is -1.37. The molecule has 0 aromatic rings. The Balaban J connectivity index is 1.91. The molecule has 2 fully saturated rings. The van der Waals surface area contributed by atoms with Gasteiger partial charge in [0.05, 0.1) is 24.9 Å². The number of carboxylic acid groups (broad SMARTS) is 1. The molecule has 0 bridgehead atoms. The van der Waals surface area contributed by atoms with Crippen LogP contribution in [0.25, 0.3) is 0 Å². The van der Waals surface area contributed by atoms with Gasteiger partial charge in [0.2, 0.25) is 0 Å². The molecule has 2 aliphatic heterocycles. The molecule has 0 aromatic carbocycles. The fourth-order valence-corrected chi connectivity index (χ4v) is 4.05. The highest BCUT2D eigenvalue weighted by atomic mass is 16.5. The van der Waals surface area contributed by atoms with E-state index in [1.165, 1.54) is 0 Å². The topological polar surface area (TPSA) is 73.2 Å². The van der Waals surface area contributed by atoms with Crippen molar-refractivity contribution < 1.29 is 19.7 Å². The maximum atomic E-state index is 12.0. The van der Waals surface area contributed by atoms with Crippen LogP contribution >= 0.6 is 0 Å². The van der Waals surface area contributed by atoms with E-state index in [1.807, 2.05) is 27.7 Å².